The number of methoxy groups -OCH3 is 2. The van der Waals surface area contributed by atoms with Crippen molar-refractivity contribution in [3.8, 4) is 28.4 Å². The summed E-state index contributed by atoms with van der Waals surface area (Å²) in [5.74, 6) is -3.56. The molecule has 0 bridgehead atoms. The van der Waals surface area contributed by atoms with Crippen molar-refractivity contribution in [3.05, 3.63) is 59.8 Å². The van der Waals surface area contributed by atoms with E-state index in [9.17, 15) is 27.2 Å². The molecule has 0 radical (unpaired) electrons. The Balaban J connectivity index is 2.03. The molecule has 3 aromatic rings. The molecule has 0 amide bonds. The van der Waals surface area contributed by atoms with Gasteiger partial charge in [0.05, 0.1) is 19.9 Å². The largest absolute Gasteiger partial charge is 0.507 e. The molecule has 0 saturated carbocycles. The zero-order valence-electron chi connectivity index (χ0n) is 17.0. The normalized spacial score (nSPS) is 15.6. The summed E-state index contributed by atoms with van der Waals surface area (Å²) < 4.78 is 74.2. The standard InChI is InChI=1S/C21H14F4N2O6/c1-30-18(28)14-15(26-27(16(14)19(29)31-2)11-7-4-3-5-8-11)12-9-6-10-13-17(12)33-21(24,25)20(22,23)32-13/h3-10H,1-2H3. The molecule has 2 aromatic carbocycles. The lowest BCUT2D eigenvalue weighted by Gasteiger charge is -2.32. The Morgan fingerprint density at radius 2 is 1.52 bits per heavy atom. The van der Waals surface area contributed by atoms with Crippen LogP contribution in [0.1, 0.15) is 20.8 Å². The molecule has 4 rings (SSSR count). The highest BCUT2D eigenvalue weighted by Gasteiger charge is 2.66. The van der Waals surface area contributed by atoms with Gasteiger partial charge in [0.1, 0.15) is 11.3 Å². The number of aromatic nitrogens is 2. The number of benzene rings is 2. The lowest BCUT2D eigenvalue weighted by Crippen LogP contribution is -2.52. The zero-order chi connectivity index (χ0) is 24.0. The van der Waals surface area contributed by atoms with E-state index in [2.05, 4.69) is 14.6 Å². The minimum atomic E-state index is -5.02. The molecule has 2 heterocycles. The van der Waals surface area contributed by atoms with Crippen LogP contribution in [0.25, 0.3) is 16.9 Å². The maximum atomic E-state index is 13.9. The van der Waals surface area contributed by atoms with E-state index in [1.807, 2.05) is 0 Å². The summed E-state index contributed by atoms with van der Waals surface area (Å²) in [6.45, 7) is 0. The molecule has 0 aliphatic carbocycles. The van der Waals surface area contributed by atoms with E-state index >= 15 is 0 Å². The first-order valence-corrected chi connectivity index (χ1v) is 9.23. The van der Waals surface area contributed by atoms with Crippen LogP contribution in [-0.2, 0) is 9.47 Å². The molecular formula is C21H14F4N2O6. The Morgan fingerprint density at radius 3 is 2.15 bits per heavy atom. The van der Waals surface area contributed by atoms with Crippen LogP contribution in [0.2, 0.25) is 0 Å². The summed E-state index contributed by atoms with van der Waals surface area (Å²) in [6, 6.07) is 11.4. The molecule has 1 aliphatic rings. The fraction of sp³-hybridized carbons (Fsp3) is 0.190. The quantitative estimate of drug-likeness (QED) is 0.423. The van der Waals surface area contributed by atoms with Crippen LogP contribution in [0.15, 0.2) is 48.5 Å². The number of rotatable bonds is 4. The number of halogens is 4. The molecule has 1 aliphatic heterocycles. The van der Waals surface area contributed by atoms with Crippen LogP contribution in [0.3, 0.4) is 0 Å². The van der Waals surface area contributed by atoms with Gasteiger partial charge < -0.3 is 18.9 Å². The average Bonchev–Trinajstić information content (AvgIpc) is 3.19. The lowest BCUT2D eigenvalue weighted by atomic mass is 10.0. The van der Waals surface area contributed by atoms with Crippen molar-refractivity contribution in [1.29, 1.82) is 0 Å². The summed E-state index contributed by atoms with van der Waals surface area (Å²) in [4.78, 5) is 25.3. The number of alkyl halides is 4. The number of fused-ring (bicyclic) bond motifs is 1. The highest BCUT2D eigenvalue weighted by Crippen LogP contribution is 2.51. The Labute approximate surface area is 183 Å². The molecule has 0 N–H and O–H groups in total. The first-order valence-electron chi connectivity index (χ1n) is 9.23. The second-order valence-electron chi connectivity index (χ2n) is 6.67. The molecule has 0 fully saturated rings. The van der Waals surface area contributed by atoms with E-state index in [-0.39, 0.29) is 17.0 Å². The van der Waals surface area contributed by atoms with Gasteiger partial charge in [0.25, 0.3) is 0 Å². The molecule has 0 atom stereocenters. The Morgan fingerprint density at radius 1 is 0.879 bits per heavy atom. The van der Waals surface area contributed by atoms with Crippen LogP contribution in [0.5, 0.6) is 11.5 Å². The number of carbonyl (C=O) groups is 2. The first kappa shape index (κ1) is 22.1. The molecule has 33 heavy (non-hydrogen) atoms. The van der Waals surface area contributed by atoms with E-state index in [1.54, 1.807) is 30.3 Å². The number of hydrogen-bond donors (Lipinski definition) is 0. The van der Waals surface area contributed by atoms with E-state index in [0.29, 0.717) is 5.69 Å². The van der Waals surface area contributed by atoms with Gasteiger partial charge in [-0.3, -0.25) is 0 Å². The van der Waals surface area contributed by atoms with Crippen LogP contribution in [0.4, 0.5) is 17.6 Å². The van der Waals surface area contributed by atoms with Crippen LogP contribution in [0, 0.1) is 0 Å². The highest BCUT2D eigenvalue weighted by molar-refractivity contribution is 6.07. The highest BCUT2D eigenvalue weighted by atomic mass is 19.3. The molecule has 172 valence electrons. The Bertz CT molecular complexity index is 1240. The topological polar surface area (TPSA) is 88.9 Å². The zero-order valence-corrected chi connectivity index (χ0v) is 17.0. The molecule has 1 aromatic heterocycles. The Kier molecular flexibility index (Phi) is 5.23. The number of nitrogens with zero attached hydrogens (tertiary/aromatic N) is 2. The fourth-order valence-electron chi connectivity index (χ4n) is 3.22. The molecule has 8 nitrogen and oxygen atoms in total. The summed E-state index contributed by atoms with van der Waals surface area (Å²) in [6.07, 6.45) is -9.96. The molecular weight excluding hydrogens is 452 g/mol. The molecule has 0 saturated heterocycles. The van der Waals surface area contributed by atoms with Crippen molar-refractivity contribution in [1.82, 2.24) is 9.78 Å². The van der Waals surface area contributed by atoms with Gasteiger partial charge in [-0.25, -0.2) is 14.3 Å². The van der Waals surface area contributed by atoms with E-state index in [0.717, 1.165) is 25.0 Å². The molecule has 0 spiro atoms. The van der Waals surface area contributed by atoms with E-state index in [1.165, 1.54) is 12.1 Å². The van der Waals surface area contributed by atoms with Crippen molar-refractivity contribution in [2.24, 2.45) is 0 Å². The fourth-order valence-corrected chi connectivity index (χ4v) is 3.22. The SMILES string of the molecule is COC(=O)c1c(-c2cccc3c2OC(F)(F)C(F)(F)O3)nn(-c2ccccc2)c1C(=O)OC. The van der Waals surface area contributed by atoms with Gasteiger partial charge in [-0.2, -0.15) is 22.7 Å². The maximum Gasteiger partial charge on any atom is 0.507 e. The van der Waals surface area contributed by atoms with Crippen molar-refractivity contribution in [2.75, 3.05) is 14.2 Å². The van der Waals surface area contributed by atoms with Crippen LogP contribution >= 0.6 is 0 Å². The number of ether oxygens (including phenoxy) is 4. The van der Waals surface area contributed by atoms with Crippen molar-refractivity contribution in [2.45, 2.75) is 12.2 Å². The van der Waals surface area contributed by atoms with Crippen LogP contribution in [-0.4, -0.2) is 48.2 Å². The summed E-state index contributed by atoms with van der Waals surface area (Å²) >= 11 is 0. The number of hydrogen-bond acceptors (Lipinski definition) is 7. The third-order valence-corrected chi connectivity index (χ3v) is 4.70. The number of esters is 2. The molecule has 12 heteroatoms. The van der Waals surface area contributed by atoms with Gasteiger partial charge in [0, 0.05) is 5.56 Å². The Hall–Kier alpha value is -4.09. The maximum absolute atomic E-state index is 13.9. The smallest absolute Gasteiger partial charge is 0.465 e. The second kappa shape index (κ2) is 7.80. The van der Waals surface area contributed by atoms with E-state index < -0.39 is 41.2 Å². The van der Waals surface area contributed by atoms with Crippen molar-refractivity contribution in [3.63, 3.8) is 0 Å². The number of carbonyl (C=O) groups excluding carboxylic acids is 2. The van der Waals surface area contributed by atoms with Crippen molar-refractivity contribution >= 4 is 11.9 Å². The lowest BCUT2D eigenvalue weighted by molar-refractivity contribution is -0.391. The minimum absolute atomic E-state index is 0.313. The third-order valence-electron chi connectivity index (χ3n) is 4.70. The van der Waals surface area contributed by atoms with Gasteiger partial charge in [-0.15, -0.1) is 0 Å². The average molecular weight is 466 g/mol. The monoisotopic (exact) mass is 466 g/mol. The second-order valence-corrected chi connectivity index (χ2v) is 6.67. The summed E-state index contributed by atoms with van der Waals surface area (Å²) in [5, 5.41) is 4.23. The van der Waals surface area contributed by atoms with E-state index in [4.69, 9.17) is 9.47 Å². The van der Waals surface area contributed by atoms with Gasteiger partial charge in [-0.05, 0) is 24.3 Å². The summed E-state index contributed by atoms with van der Waals surface area (Å²) in [5.41, 5.74) is -1.19. The van der Waals surface area contributed by atoms with Crippen LogP contribution < -0.4 is 9.47 Å². The van der Waals surface area contributed by atoms with Gasteiger partial charge in [0.2, 0.25) is 0 Å². The van der Waals surface area contributed by atoms with Gasteiger partial charge in [-0.1, -0.05) is 24.3 Å². The van der Waals surface area contributed by atoms with Gasteiger partial charge >= 0.3 is 24.2 Å². The summed E-state index contributed by atoms with van der Waals surface area (Å²) in [7, 11) is 2.09. The minimum Gasteiger partial charge on any atom is -0.465 e. The third kappa shape index (κ3) is 3.52. The van der Waals surface area contributed by atoms with Crippen molar-refractivity contribution < 1.29 is 46.1 Å². The number of para-hydroxylation sites is 2. The van der Waals surface area contributed by atoms with Gasteiger partial charge in [0.15, 0.2) is 17.2 Å². The first-order chi connectivity index (χ1) is 15.6. The predicted octanol–water partition coefficient (Wildman–Crippen LogP) is 4.07. The molecule has 0 unspecified atom stereocenters. The predicted molar refractivity (Wildman–Crippen MR) is 103 cm³/mol.